The van der Waals surface area contributed by atoms with E-state index in [9.17, 15) is 0 Å². The lowest BCUT2D eigenvalue weighted by molar-refractivity contribution is 0.409. The van der Waals surface area contributed by atoms with Crippen LogP contribution in [0.2, 0.25) is 0 Å². The maximum Gasteiger partial charge on any atom is 0.126 e. The smallest absolute Gasteiger partial charge is 0.126 e. The largest absolute Gasteiger partial charge is 0.496 e. The lowest BCUT2D eigenvalue weighted by Crippen LogP contribution is -2.08. The maximum atomic E-state index is 5.47. The first kappa shape index (κ1) is 14.9. The molecule has 0 aliphatic rings. The predicted octanol–water partition coefficient (Wildman–Crippen LogP) is 5.25. The van der Waals surface area contributed by atoms with Gasteiger partial charge in [0, 0.05) is 21.8 Å². The Kier molecular flexibility index (Phi) is 4.71. The summed E-state index contributed by atoms with van der Waals surface area (Å²) in [5, 5.41) is 3.55. The van der Waals surface area contributed by atoms with Crippen molar-refractivity contribution in [2.75, 3.05) is 12.4 Å². The number of hydrogen-bond acceptors (Lipinski definition) is 2. The topological polar surface area (TPSA) is 21.3 Å². The molecular weight excluding hydrogens is 314 g/mol. The normalized spacial score (nSPS) is 12.1. The summed E-state index contributed by atoms with van der Waals surface area (Å²) in [4.78, 5) is 0. The third-order valence-electron chi connectivity index (χ3n) is 3.55. The Bertz CT molecular complexity index is 593. The fraction of sp³-hybridized carbons (Fsp3) is 0.294. The van der Waals surface area contributed by atoms with E-state index >= 15 is 0 Å². The third kappa shape index (κ3) is 3.15. The van der Waals surface area contributed by atoms with Crippen LogP contribution >= 0.6 is 15.9 Å². The monoisotopic (exact) mass is 333 g/mol. The Labute approximate surface area is 129 Å². The molecule has 0 amide bonds. The van der Waals surface area contributed by atoms with Gasteiger partial charge in [-0.15, -0.1) is 0 Å². The molecule has 1 unspecified atom stereocenters. The van der Waals surface area contributed by atoms with Crippen molar-refractivity contribution in [3.05, 3.63) is 57.6 Å². The Morgan fingerprint density at radius 3 is 2.30 bits per heavy atom. The number of nitrogens with one attached hydrogen (secondary N) is 1. The maximum absolute atomic E-state index is 5.47. The number of aryl methyl sites for hydroxylation is 1. The van der Waals surface area contributed by atoms with Crippen molar-refractivity contribution < 1.29 is 4.74 Å². The van der Waals surface area contributed by atoms with E-state index in [0.717, 1.165) is 27.0 Å². The van der Waals surface area contributed by atoms with E-state index in [1.165, 1.54) is 5.56 Å². The fourth-order valence-corrected chi connectivity index (χ4v) is 2.63. The number of anilines is 1. The van der Waals surface area contributed by atoms with Crippen molar-refractivity contribution in [3.8, 4) is 5.75 Å². The Morgan fingerprint density at radius 2 is 1.70 bits per heavy atom. The zero-order chi connectivity index (χ0) is 14.7. The molecule has 0 heterocycles. The fourth-order valence-electron chi connectivity index (χ4n) is 2.37. The molecule has 1 N–H and O–H groups in total. The van der Waals surface area contributed by atoms with E-state index in [-0.39, 0.29) is 6.04 Å². The average Bonchev–Trinajstić information content (AvgIpc) is 2.43. The van der Waals surface area contributed by atoms with Gasteiger partial charge in [-0.3, -0.25) is 0 Å². The minimum Gasteiger partial charge on any atom is -0.496 e. The van der Waals surface area contributed by atoms with Gasteiger partial charge >= 0.3 is 0 Å². The molecule has 0 aromatic heterocycles. The van der Waals surface area contributed by atoms with Crippen LogP contribution < -0.4 is 10.1 Å². The van der Waals surface area contributed by atoms with E-state index < -0.39 is 0 Å². The van der Waals surface area contributed by atoms with Crippen LogP contribution in [-0.4, -0.2) is 7.11 Å². The summed E-state index contributed by atoms with van der Waals surface area (Å²) < 4.78 is 6.57. The van der Waals surface area contributed by atoms with Gasteiger partial charge in [0.2, 0.25) is 0 Å². The van der Waals surface area contributed by atoms with Gasteiger partial charge in [-0.1, -0.05) is 34.1 Å². The SMILES string of the molecule is COc1c(C)ccc(NC(C)c2ccc(Br)cc2)c1C. The quantitative estimate of drug-likeness (QED) is 0.825. The lowest BCUT2D eigenvalue weighted by atomic mass is 10.1. The van der Waals surface area contributed by atoms with Crippen LogP contribution in [0.4, 0.5) is 5.69 Å². The molecule has 0 spiro atoms. The van der Waals surface area contributed by atoms with Crippen molar-refractivity contribution in [3.63, 3.8) is 0 Å². The van der Waals surface area contributed by atoms with E-state index in [4.69, 9.17) is 4.74 Å². The van der Waals surface area contributed by atoms with Crippen molar-refractivity contribution >= 4 is 21.6 Å². The number of rotatable bonds is 4. The van der Waals surface area contributed by atoms with Crippen molar-refractivity contribution in [1.82, 2.24) is 0 Å². The van der Waals surface area contributed by atoms with Gasteiger partial charge in [0.1, 0.15) is 5.75 Å². The summed E-state index contributed by atoms with van der Waals surface area (Å²) in [6, 6.07) is 12.8. The van der Waals surface area contributed by atoms with Gasteiger partial charge in [0.15, 0.2) is 0 Å². The van der Waals surface area contributed by atoms with Gasteiger partial charge in [-0.25, -0.2) is 0 Å². The molecule has 2 aromatic carbocycles. The molecule has 0 bridgehead atoms. The first-order valence-corrected chi connectivity index (χ1v) is 7.48. The highest BCUT2D eigenvalue weighted by atomic mass is 79.9. The standard InChI is InChI=1S/C17H20BrNO/c1-11-5-10-16(12(2)17(11)20-4)19-13(3)14-6-8-15(18)9-7-14/h5-10,13,19H,1-4H3. The number of ether oxygens (including phenoxy) is 1. The summed E-state index contributed by atoms with van der Waals surface area (Å²) >= 11 is 3.46. The van der Waals surface area contributed by atoms with Crippen molar-refractivity contribution in [1.29, 1.82) is 0 Å². The van der Waals surface area contributed by atoms with Crippen LogP contribution in [0, 0.1) is 13.8 Å². The number of methoxy groups -OCH3 is 1. The summed E-state index contributed by atoms with van der Waals surface area (Å²) in [5.74, 6) is 0.956. The molecule has 3 heteroatoms. The predicted molar refractivity (Wildman–Crippen MR) is 88.6 cm³/mol. The highest BCUT2D eigenvalue weighted by molar-refractivity contribution is 9.10. The third-order valence-corrected chi connectivity index (χ3v) is 4.08. The second kappa shape index (κ2) is 6.31. The highest BCUT2D eigenvalue weighted by Crippen LogP contribution is 2.31. The highest BCUT2D eigenvalue weighted by Gasteiger charge is 2.11. The molecular formula is C17H20BrNO. The molecule has 0 radical (unpaired) electrons. The van der Waals surface area contributed by atoms with Crippen LogP contribution in [0.25, 0.3) is 0 Å². The van der Waals surface area contributed by atoms with Gasteiger partial charge in [0.25, 0.3) is 0 Å². The molecule has 20 heavy (non-hydrogen) atoms. The Balaban J connectivity index is 2.23. The summed E-state index contributed by atoms with van der Waals surface area (Å²) in [6.45, 7) is 6.31. The molecule has 0 saturated carbocycles. The van der Waals surface area contributed by atoms with Crippen molar-refractivity contribution in [2.24, 2.45) is 0 Å². The number of benzene rings is 2. The molecule has 2 nitrogen and oxygen atoms in total. The molecule has 2 aromatic rings. The number of halogens is 1. The second-order valence-corrected chi connectivity index (χ2v) is 5.92. The Morgan fingerprint density at radius 1 is 1.05 bits per heavy atom. The number of hydrogen-bond donors (Lipinski definition) is 1. The summed E-state index contributed by atoms with van der Waals surface area (Å²) in [5.41, 5.74) is 4.68. The zero-order valence-electron chi connectivity index (χ0n) is 12.3. The molecule has 1 atom stereocenters. The van der Waals surface area contributed by atoms with Crippen LogP contribution in [0.1, 0.15) is 29.7 Å². The minimum absolute atomic E-state index is 0.245. The molecule has 2 rings (SSSR count). The molecule has 0 fully saturated rings. The van der Waals surface area contributed by atoms with E-state index in [1.807, 2.05) is 0 Å². The van der Waals surface area contributed by atoms with Crippen molar-refractivity contribution in [2.45, 2.75) is 26.8 Å². The minimum atomic E-state index is 0.245. The first-order chi connectivity index (χ1) is 9.52. The second-order valence-electron chi connectivity index (χ2n) is 5.01. The molecule has 0 aliphatic heterocycles. The average molecular weight is 334 g/mol. The lowest BCUT2D eigenvalue weighted by Gasteiger charge is -2.20. The van der Waals surface area contributed by atoms with Crippen LogP contribution in [0.3, 0.4) is 0 Å². The van der Waals surface area contributed by atoms with Gasteiger partial charge in [-0.2, -0.15) is 0 Å². The van der Waals surface area contributed by atoms with Gasteiger partial charge in [0.05, 0.1) is 7.11 Å². The zero-order valence-corrected chi connectivity index (χ0v) is 13.9. The van der Waals surface area contributed by atoms with Crippen LogP contribution in [0.5, 0.6) is 5.75 Å². The van der Waals surface area contributed by atoms with Gasteiger partial charge in [-0.05, 0) is 50.1 Å². The van der Waals surface area contributed by atoms with Crippen LogP contribution in [-0.2, 0) is 0 Å². The van der Waals surface area contributed by atoms with E-state index in [0.29, 0.717) is 0 Å². The van der Waals surface area contributed by atoms with E-state index in [1.54, 1.807) is 7.11 Å². The summed E-state index contributed by atoms with van der Waals surface area (Å²) in [7, 11) is 1.72. The first-order valence-electron chi connectivity index (χ1n) is 6.69. The molecule has 0 aliphatic carbocycles. The molecule has 0 saturated heterocycles. The Hall–Kier alpha value is -1.48. The summed E-state index contributed by atoms with van der Waals surface area (Å²) in [6.07, 6.45) is 0. The van der Waals surface area contributed by atoms with Crippen LogP contribution in [0.15, 0.2) is 40.9 Å². The van der Waals surface area contributed by atoms with Gasteiger partial charge < -0.3 is 10.1 Å². The molecule has 106 valence electrons. The van der Waals surface area contributed by atoms with E-state index in [2.05, 4.69) is 78.4 Å².